The lowest BCUT2D eigenvalue weighted by atomic mass is 10.1. The first-order chi connectivity index (χ1) is 7.24. The maximum absolute atomic E-state index is 5.73. The van der Waals surface area contributed by atoms with Crippen LogP contribution >= 0.6 is 0 Å². The van der Waals surface area contributed by atoms with Gasteiger partial charge < -0.3 is 9.47 Å². The molecule has 1 saturated heterocycles. The summed E-state index contributed by atoms with van der Waals surface area (Å²) in [6.45, 7) is 5.75. The lowest BCUT2D eigenvalue weighted by Gasteiger charge is -2.12. The van der Waals surface area contributed by atoms with Gasteiger partial charge in [-0.15, -0.1) is 0 Å². The first-order valence-electron chi connectivity index (χ1n) is 5.57. The Kier molecular flexibility index (Phi) is 3.27. The van der Waals surface area contributed by atoms with Gasteiger partial charge in [-0.25, -0.2) is 0 Å². The molecule has 2 nitrogen and oxygen atoms in total. The van der Waals surface area contributed by atoms with Crippen LogP contribution in [0.5, 0.6) is 5.75 Å². The Morgan fingerprint density at radius 2 is 2.00 bits per heavy atom. The van der Waals surface area contributed by atoms with Gasteiger partial charge in [0.1, 0.15) is 12.4 Å². The van der Waals surface area contributed by atoms with Crippen LogP contribution in [-0.2, 0) is 4.74 Å². The molecule has 1 aromatic carbocycles. The van der Waals surface area contributed by atoms with Crippen molar-refractivity contribution in [3.05, 3.63) is 29.3 Å². The fourth-order valence-electron chi connectivity index (χ4n) is 1.98. The standard InChI is InChI=1S/C13H18O2/c1-10-6-11(2)8-13(7-10)15-9-12-4-3-5-14-12/h6-8,12H,3-5,9H2,1-2H3/t12-/m1/s1. The molecule has 0 spiro atoms. The minimum Gasteiger partial charge on any atom is -0.491 e. The highest BCUT2D eigenvalue weighted by molar-refractivity contribution is 5.32. The van der Waals surface area contributed by atoms with Crippen molar-refractivity contribution in [1.82, 2.24) is 0 Å². The van der Waals surface area contributed by atoms with Crippen LogP contribution in [0, 0.1) is 13.8 Å². The Morgan fingerprint density at radius 1 is 1.27 bits per heavy atom. The fraction of sp³-hybridized carbons (Fsp3) is 0.538. The predicted octanol–water partition coefficient (Wildman–Crippen LogP) is 2.86. The lowest BCUT2D eigenvalue weighted by Crippen LogP contribution is -2.16. The molecule has 0 N–H and O–H groups in total. The largest absolute Gasteiger partial charge is 0.491 e. The first kappa shape index (κ1) is 10.5. The summed E-state index contributed by atoms with van der Waals surface area (Å²) < 4.78 is 11.2. The molecule has 1 heterocycles. The highest BCUT2D eigenvalue weighted by atomic mass is 16.5. The molecule has 0 unspecified atom stereocenters. The van der Waals surface area contributed by atoms with Crippen LogP contribution in [-0.4, -0.2) is 19.3 Å². The number of ether oxygens (including phenoxy) is 2. The smallest absolute Gasteiger partial charge is 0.119 e. The molecule has 1 aromatic rings. The third-order valence-corrected chi connectivity index (χ3v) is 2.66. The third-order valence-electron chi connectivity index (χ3n) is 2.66. The summed E-state index contributed by atoms with van der Waals surface area (Å²) in [4.78, 5) is 0. The minimum absolute atomic E-state index is 0.297. The van der Waals surface area contributed by atoms with Gasteiger partial charge in [-0.3, -0.25) is 0 Å². The number of rotatable bonds is 3. The van der Waals surface area contributed by atoms with E-state index in [4.69, 9.17) is 9.47 Å². The van der Waals surface area contributed by atoms with Crippen molar-refractivity contribution in [2.75, 3.05) is 13.2 Å². The van der Waals surface area contributed by atoms with Crippen molar-refractivity contribution in [3.8, 4) is 5.75 Å². The van der Waals surface area contributed by atoms with Crippen LogP contribution in [0.3, 0.4) is 0 Å². The predicted molar refractivity (Wildman–Crippen MR) is 60.4 cm³/mol. The Balaban J connectivity index is 1.92. The van der Waals surface area contributed by atoms with E-state index in [-0.39, 0.29) is 0 Å². The molecule has 0 aromatic heterocycles. The molecule has 2 rings (SSSR count). The van der Waals surface area contributed by atoms with Gasteiger partial charge in [0.05, 0.1) is 6.10 Å². The van der Waals surface area contributed by atoms with Crippen molar-refractivity contribution in [2.45, 2.75) is 32.8 Å². The van der Waals surface area contributed by atoms with Gasteiger partial charge in [-0.2, -0.15) is 0 Å². The van der Waals surface area contributed by atoms with Crippen LogP contribution in [0.15, 0.2) is 18.2 Å². The van der Waals surface area contributed by atoms with E-state index < -0.39 is 0 Å². The van der Waals surface area contributed by atoms with E-state index in [1.165, 1.54) is 17.5 Å². The summed E-state index contributed by atoms with van der Waals surface area (Å²) in [5, 5.41) is 0. The quantitative estimate of drug-likeness (QED) is 0.757. The Hall–Kier alpha value is -1.02. The molecule has 1 aliphatic heterocycles. The molecule has 0 bridgehead atoms. The average molecular weight is 206 g/mol. The molecular formula is C13H18O2. The van der Waals surface area contributed by atoms with Gasteiger partial charge in [0, 0.05) is 6.61 Å². The Bertz CT molecular complexity index is 307. The zero-order valence-corrected chi connectivity index (χ0v) is 9.45. The highest BCUT2D eigenvalue weighted by Crippen LogP contribution is 2.18. The fourth-order valence-corrected chi connectivity index (χ4v) is 1.98. The van der Waals surface area contributed by atoms with E-state index >= 15 is 0 Å². The van der Waals surface area contributed by atoms with Gasteiger partial charge in [0.25, 0.3) is 0 Å². The average Bonchev–Trinajstić information content (AvgIpc) is 2.65. The van der Waals surface area contributed by atoms with Crippen LogP contribution in [0.1, 0.15) is 24.0 Å². The monoisotopic (exact) mass is 206 g/mol. The van der Waals surface area contributed by atoms with Crippen LogP contribution in [0.4, 0.5) is 0 Å². The lowest BCUT2D eigenvalue weighted by molar-refractivity contribution is 0.0679. The van der Waals surface area contributed by atoms with Crippen LogP contribution in [0.25, 0.3) is 0 Å². The first-order valence-corrected chi connectivity index (χ1v) is 5.57. The van der Waals surface area contributed by atoms with Crippen LogP contribution in [0.2, 0.25) is 0 Å². The van der Waals surface area contributed by atoms with Crippen LogP contribution < -0.4 is 4.74 Å². The Morgan fingerprint density at radius 3 is 2.60 bits per heavy atom. The summed E-state index contributed by atoms with van der Waals surface area (Å²) in [5.74, 6) is 0.961. The molecule has 1 atom stereocenters. The summed E-state index contributed by atoms with van der Waals surface area (Å²) in [6, 6.07) is 6.29. The second-order valence-corrected chi connectivity index (χ2v) is 4.27. The van der Waals surface area contributed by atoms with Crippen molar-refractivity contribution < 1.29 is 9.47 Å². The van der Waals surface area contributed by atoms with Crippen molar-refractivity contribution in [2.24, 2.45) is 0 Å². The maximum Gasteiger partial charge on any atom is 0.119 e. The maximum atomic E-state index is 5.73. The van der Waals surface area contributed by atoms with E-state index in [1.807, 2.05) is 0 Å². The van der Waals surface area contributed by atoms with E-state index in [2.05, 4.69) is 32.0 Å². The number of hydrogen-bond acceptors (Lipinski definition) is 2. The molecular weight excluding hydrogens is 188 g/mol. The molecule has 1 fully saturated rings. The second-order valence-electron chi connectivity index (χ2n) is 4.27. The Labute approximate surface area is 91.2 Å². The van der Waals surface area contributed by atoms with Gasteiger partial charge in [0.2, 0.25) is 0 Å². The van der Waals surface area contributed by atoms with Crippen molar-refractivity contribution in [1.29, 1.82) is 0 Å². The van der Waals surface area contributed by atoms with E-state index in [0.717, 1.165) is 18.8 Å². The summed E-state index contributed by atoms with van der Waals surface area (Å²) in [7, 11) is 0. The zero-order chi connectivity index (χ0) is 10.7. The van der Waals surface area contributed by atoms with Gasteiger partial charge in [-0.1, -0.05) is 6.07 Å². The molecule has 0 amide bonds. The highest BCUT2D eigenvalue weighted by Gasteiger charge is 2.15. The molecule has 0 aliphatic carbocycles. The molecule has 15 heavy (non-hydrogen) atoms. The van der Waals surface area contributed by atoms with E-state index in [0.29, 0.717) is 12.7 Å². The van der Waals surface area contributed by atoms with Gasteiger partial charge in [-0.05, 0) is 49.9 Å². The number of aryl methyl sites for hydroxylation is 2. The van der Waals surface area contributed by atoms with Gasteiger partial charge >= 0.3 is 0 Å². The molecule has 2 heteroatoms. The summed E-state index contributed by atoms with van der Waals surface area (Å²) in [5.41, 5.74) is 2.50. The SMILES string of the molecule is Cc1cc(C)cc(OC[C@H]2CCCO2)c1. The minimum atomic E-state index is 0.297. The summed E-state index contributed by atoms with van der Waals surface area (Å²) in [6.07, 6.45) is 2.59. The third kappa shape index (κ3) is 2.96. The van der Waals surface area contributed by atoms with Gasteiger partial charge in [0.15, 0.2) is 0 Å². The van der Waals surface area contributed by atoms with E-state index in [9.17, 15) is 0 Å². The molecule has 82 valence electrons. The van der Waals surface area contributed by atoms with Crippen molar-refractivity contribution >= 4 is 0 Å². The molecule has 0 radical (unpaired) electrons. The second kappa shape index (κ2) is 4.67. The molecule has 1 aliphatic rings. The zero-order valence-electron chi connectivity index (χ0n) is 9.45. The number of benzene rings is 1. The summed E-state index contributed by atoms with van der Waals surface area (Å²) >= 11 is 0. The van der Waals surface area contributed by atoms with E-state index in [1.54, 1.807) is 0 Å². The normalized spacial score (nSPS) is 20.5. The number of hydrogen-bond donors (Lipinski definition) is 0. The van der Waals surface area contributed by atoms with Crippen molar-refractivity contribution in [3.63, 3.8) is 0 Å². The molecule has 0 saturated carbocycles. The topological polar surface area (TPSA) is 18.5 Å².